The number of halogens is 4. The topological polar surface area (TPSA) is 55.1 Å². The summed E-state index contributed by atoms with van der Waals surface area (Å²) in [5.74, 6) is -0.448. The standard InChI is InChI=1S/C14H19F3N2O.ClH/c1-3-8-13(2,18)12(20)19-9-10-6-4-5-7-11(10)14(15,16)17;/h4-7H,3,8-9,18H2,1-2H3,(H,19,20);1H. The zero-order chi connectivity index (χ0) is 15.4. The molecule has 120 valence electrons. The van der Waals surface area contributed by atoms with Crippen LogP contribution in [0.5, 0.6) is 0 Å². The van der Waals surface area contributed by atoms with Gasteiger partial charge >= 0.3 is 6.18 Å². The lowest BCUT2D eigenvalue weighted by Crippen LogP contribution is -2.51. The number of amides is 1. The molecule has 0 spiro atoms. The van der Waals surface area contributed by atoms with Crippen molar-refractivity contribution < 1.29 is 18.0 Å². The minimum Gasteiger partial charge on any atom is -0.350 e. The van der Waals surface area contributed by atoms with E-state index >= 15 is 0 Å². The molecule has 0 aromatic heterocycles. The molecule has 1 amide bonds. The average Bonchev–Trinajstić information content (AvgIpc) is 2.35. The zero-order valence-electron chi connectivity index (χ0n) is 12.0. The molecule has 0 saturated carbocycles. The van der Waals surface area contributed by atoms with Gasteiger partial charge < -0.3 is 11.1 Å². The van der Waals surface area contributed by atoms with E-state index in [1.165, 1.54) is 18.2 Å². The van der Waals surface area contributed by atoms with Crippen LogP contribution in [0.25, 0.3) is 0 Å². The van der Waals surface area contributed by atoms with Gasteiger partial charge in [-0.05, 0) is 25.0 Å². The molecule has 1 aromatic rings. The molecular formula is C14H20ClF3N2O. The van der Waals surface area contributed by atoms with E-state index in [0.717, 1.165) is 12.5 Å². The number of nitrogens with one attached hydrogen (secondary N) is 1. The van der Waals surface area contributed by atoms with Gasteiger partial charge in [-0.25, -0.2) is 0 Å². The van der Waals surface area contributed by atoms with Crippen LogP contribution in [-0.4, -0.2) is 11.4 Å². The number of alkyl halides is 3. The normalized spacial score (nSPS) is 14.0. The molecule has 1 atom stereocenters. The van der Waals surface area contributed by atoms with E-state index in [1.54, 1.807) is 6.92 Å². The number of carbonyl (C=O) groups excluding carboxylic acids is 1. The van der Waals surface area contributed by atoms with Gasteiger partial charge in [-0.3, -0.25) is 4.79 Å². The Morgan fingerprint density at radius 1 is 1.29 bits per heavy atom. The summed E-state index contributed by atoms with van der Waals surface area (Å²) in [4.78, 5) is 11.9. The molecule has 1 unspecified atom stereocenters. The third kappa shape index (κ3) is 5.55. The number of carbonyl (C=O) groups is 1. The monoisotopic (exact) mass is 324 g/mol. The highest BCUT2D eigenvalue weighted by molar-refractivity contribution is 5.85. The van der Waals surface area contributed by atoms with Gasteiger partial charge in [-0.15, -0.1) is 12.4 Å². The molecule has 0 saturated heterocycles. The summed E-state index contributed by atoms with van der Waals surface area (Å²) in [5, 5.41) is 2.47. The Kier molecular flexibility index (Phi) is 7.19. The van der Waals surface area contributed by atoms with E-state index in [-0.39, 0.29) is 24.5 Å². The first-order valence-corrected chi connectivity index (χ1v) is 6.40. The van der Waals surface area contributed by atoms with Crippen molar-refractivity contribution in [3.05, 3.63) is 35.4 Å². The quantitative estimate of drug-likeness (QED) is 0.873. The first-order valence-electron chi connectivity index (χ1n) is 6.40. The molecule has 3 N–H and O–H groups in total. The van der Waals surface area contributed by atoms with Gasteiger partial charge in [0.1, 0.15) is 0 Å². The molecule has 0 bridgehead atoms. The second-order valence-corrected chi connectivity index (χ2v) is 5.01. The number of benzene rings is 1. The molecule has 0 radical (unpaired) electrons. The van der Waals surface area contributed by atoms with E-state index in [2.05, 4.69) is 5.32 Å². The van der Waals surface area contributed by atoms with Crippen molar-refractivity contribution in [2.24, 2.45) is 5.73 Å². The molecule has 0 aliphatic rings. The maximum atomic E-state index is 12.8. The van der Waals surface area contributed by atoms with Crippen LogP contribution in [0.15, 0.2) is 24.3 Å². The lowest BCUT2D eigenvalue weighted by Gasteiger charge is -2.23. The average molecular weight is 325 g/mol. The van der Waals surface area contributed by atoms with Crippen LogP contribution in [-0.2, 0) is 17.5 Å². The van der Waals surface area contributed by atoms with Gasteiger partial charge in [-0.1, -0.05) is 31.5 Å². The second kappa shape index (κ2) is 7.66. The second-order valence-electron chi connectivity index (χ2n) is 5.01. The fourth-order valence-corrected chi connectivity index (χ4v) is 1.96. The molecule has 0 aliphatic heterocycles. The van der Waals surface area contributed by atoms with Crippen molar-refractivity contribution in [2.45, 2.75) is 44.9 Å². The van der Waals surface area contributed by atoms with E-state index in [1.807, 2.05) is 6.92 Å². The lowest BCUT2D eigenvalue weighted by molar-refractivity contribution is -0.138. The molecule has 21 heavy (non-hydrogen) atoms. The summed E-state index contributed by atoms with van der Waals surface area (Å²) < 4.78 is 38.4. The van der Waals surface area contributed by atoms with Crippen LogP contribution >= 0.6 is 12.4 Å². The first-order chi connectivity index (χ1) is 9.18. The van der Waals surface area contributed by atoms with E-state index in [0.29, 0.717) is 6.42 Å². The van der Waals surface area contributed by atoms with Crippen molar-refractivity contribution in [3.63, 3.8) is 0 Å². The van der Waals surface area contributed by atoms with Crippen LogP contribution in [0.3, 0.4) is 0 Å². The van der Waals surface area contributed by atoms with Crippen molar-refractivity contribution in [3.8, 4) is 0 Å². The molecule has 7 heteroatoms. The molecule has 1 rings (SSSR count). The van der Waals surface area contributed by atoms with Crippen molar-refractivity contribution >= 4 is 18.3 Å². The van der Waals surface area contributed by atoms with Crippen molar-refractivity contribution in [1.29, 1.82) is 0 Å². The Morgan fingerprint density at radius 2 is 1.86 bits per heavy atom. The Hall–Kier alpha value is -1.27. The van der Waals surface area contributed by atoms with Gasteiger partial charge in [0.2, 0.25) is 5.91 Å². The molecule has 0 heterocycles. The Morgan fingerprint density at radius 3 is 2.38 bits per heavy atom. The Bertz CT molecular complexity index is 476. The van der Waals surface area contributed by atoms with Crippen LogP contribution in [0.4, 0.5) is 13.2 Å². The summed E-state index contributed by atoms with van der Waals surface area (Å²) in [6.07, 6.45) is -3.24. The third-order valence-corrected chi connectivity index (χ3v) is 3.05. The predicted octanol–water partition coefficient (Wildman–Crippen LogP) is 3.26. The van der Waals surface area contributed by atoms with E-state index in [9.17, 15) is 18.0 Å². The maximum Gasteiger partial charge on any atom is 0.416 e. The van der Waals surface area contributed by atoms with Gasteiger partial charge in [-0.2, -0.15) is 13.2 Å². The van der Waals surface area contributed by atoms with Crippen LogP contribution in [0, 0.1) is 0 Å². The largest absolute Gasteiger partial charge is 0.416 e. The fraction of sp³-hybridized carbons (Fsp3) is 0.500. The highest BCUT2D eigenvalue weighted by Crippen LogP contribution is 2.31. The Labute approximate surface area is 128 Å². The first kappa shape index (κ1) is 19.7. The van der Waals surface area contributed by atoms with E-state index in [4.69, 9.17) is 5.73 Å². The molecule has 0 aliphatic carbocycles. The summed E-state index contributed by atoms with van der Waals surface area (Å²) in [6.45, 7) is 3.27. The highest BCUT2D eigenvalue weighted by Gasteiger charge is 2.33. The SMILES string of the molecule is CCCC(C)(N)C(=O)NCc1ccccc1C(F)(F)F.Cl. The van der Waals surface area contributed by atoms with Gasteiger partial charge in [0.25, 0.3) is 0 Å². The van der Waals surface area contributed by atoms with Crippen molar-refractivity contribution in [2.75, 3.05) is 0 Å². The molecule has 0 fully saturated rings. The van der Waals surface area contributed by atoms with Crippen LogP contribution in [0.2, 0.25) is 0 Å². The minimum atomic E-state index is -4.43. The smallest absolute Gasteiger partial charge is 0.350 e. The number of hydrogen-bond acceptors (Lipinski definition) is 2. The predicted molar refractivity (Wildman–Crippen MR) is 78.0 cm³/mol. The summed E-state index contributed by atoms with van der Waals surface area (Å²) in [6, 6.07) is 5.16. The van der Waals surface area contributed by atoms with E-state index < -0.39 is 23.2 Å². The summed E-state index contributed by atoms with van der Waals surface area (Å²) in [5.41, 5.74) is 4.04. The fourth-order valence-electron chi connectivity index (χ4n) is 1.96. The zero-order valence-corrected chi connectivity index (χ0v) is 12.8. The number of hydrogen-bond donors (Lipinski definition) is 2. The Balaban J connectivity index is 0.00000400. The van der Waals surface area contributed by atoms with Gasteiger partial charge in [0.15, 0.2) is 0 Å². The maximum absolute atomic E-state index is 12.8. The highest BCUT2D eigenvalue weighted by atomic mass is 35.5. The van der Waals surface area contributed by atoms with Crippen LogP contribution < -0.4 is 11.1 Å². The number of nitrogens with two attached hydrogens (primary N) is 1. The minimum absolute atomic E-state index is 0. The van der Waals surface area contributed by atoms with Gasteiger partial charge in [0, 0.05) is 6.54 Å². The summed E-state index contributed by atoms with van der Waals surface area (Å²) in [7, 11) is 0. The molecule has 1 aromatic carbocycles. The van der Waals surface area contributed by atoms with Gasteiger partial charge in [0.05, 0.1) is 11.1 Å². The van der Waals surface area contributed by atoms with Crippen LogP contribution in [0.1, 0.15) is 37.8 Å². The lowest BCUT2D eigenvalue weighted by atomic mass is 9.96. The molecular weight excluding hydrogens is 305 g/mol. The van der Waals surface area contributed by atoms with Crippen molar-refractivity contribution in [1.82, 2.24) is 5.32 Å². The summed E-state index contributed by atoms with van der Waals surface area (Å²) >= 11 is 0. The third-order valence-electron chi connectivity index (χ3n) is 3.05. The molecule has 3 nitrogen and oxygen atoms in total. The number of rotatable bonds is 5.